The van der Waals surface area contributed by atoms with Gasteiger partial charge in [-0.05, 0) is 24.3 Å². The van der Waals surface area contributed by atoms with Crippen molar-refractivity contribution in [3.8, 4) is 11.4 Å². The molecule has 1 aliphatic heterocycles. The summed E-state index contributed by atoms with van der Waals surface area (Å²) in [4.78, 5) is 23.7. The van der Waals surface area contributed by atoms with Gasteiger partial charge in [0, 0.05) is 38.3 Å². The van der Waals surface area contributed by atoms with Crippen molar-refractivity contribution >= 4 is 17.6 Å². The van der Waals surface area contributed by atoms with Crippen LogP contribution in [0.5, 0.6) is 0 Å². The summed E-state index contributed by atoms with van der Waals surface area (Å²) in [5.41, 5.74) is 1.40. The van der Waals surface area contributed by atoms with Crippen LogP contribution in [0.25, 0.3) is 11.4 Å². The number of anilines is 1. The third kappa shape index (κ3) is 3.12. The molecule has 0 amide bonds. The van der Waals surface area contributed by atoms with Crippen molar-refractivity contribution in [2.24, 2.45) is 7.05 Å². The van der Waals surface area contributed by atoms with E-state index in [1.165, 1.54) is 20.0 Å². The van der Waals surface area contributed by atoms with Gasteiger partial charge in [0.05, 0.1) is 0 Å². The molecule has 124 valence electrons. The summed E-state index contributed by atoms with van der Waals surface area (Å²) in [6.07, 6.45) is 2.89. The van der Waals surface area contributed by atoms with Gasteiger partial charge in [-0.2, -0.15) is 0 Å². The van der Waals surface area contributed by atoms with Crippen LogP contribution in [0.2, 0.25) is 0 Å². The first-order chi connectivity index (χ1) is 11.4. The number of aryl methyl sites for hydroxylation is 1. The smallest absolute Gasteiger partial charge is 0.350 e. The Morgan fingerprint density at radius 2 is 1.75 bits per heavy atom. The first-order valence-corrected chi connectivity index (χ1v) is 7.23. The highest BCUT2D eigenvalue weighted by Gasteiger charge is 2.38. The number of cyclic esters (lactones) is 2. The van der Waals surface area contributed by atoms with Crippen LogP contribution in [-0.4, -0.2) is 32.5 Å². The Balaban J connectivity index is 1.74. The predicted octanol–water partition coefficient (Wildman–Crippen LogP) is 1.61. The average molecular weight is 328 g/mol. The lowest BCUT2D eigenvalue weighted by Gasteiger charge is -2.29. The molecule has 0 unspecified atom stereocenters. The zero-order valence-corrected chi connectivity index (χ0v) is 13.4. The minimum absolute atomic E-state index is 0.188. The lowest BCUT2D eigenvalue weighted by Crippen LogP contribution is -2.42. The summed E-state index contributed by atoms with van der Waals surface area (Å²) in [6.45, 7) is 3.00. The Bertz CT molecular complexity index is 799. The van der Waals surface area contributed by atoms with Crippen LogP contribution < -0.4 is 5.32 Å². The maximum absolute atomic E-state index is 11.8. The molecule has 1 saturated heterocycles. The summed E-state index contributed by atoms with van der Waals surface area (Å²) in [5, 5.41) is 10.7. The van der Waals surface area contributed by atoms with E-state index in [1.807, 2.05) is 19.2 Å². The molecule has 1 aromatic carbocycles. The molecule has 0 atom stereocenters. The predicted molar refractivity (Wildman–Crippen MR) is 84.4 cm³/mol. The molecule has 1 aromatic heterocycles. The number of hydrogen-bond donors (Lipinski definition) is 1. The van der Waals surface area contributed by atoms with Crippen LogP contribution in [-0.2, 0) is 26.1 Å². The number of carbonyl (C=O) groups is 2. The molecule has 1 aliphatic rings. The van der Waals surface area contributed by atoms with E-state index >= 15 is 0 Å². The molecule has 2 aromatic rings. The van der Waals surface area contributed by atoms with Gasteiger partial charge < -0.3 is 19.4 Å². The molecule has 2 heterocycles. The summed E-state index contributed by atoms with van der Waals surface area (Å²) in [5.74, 6) is -1.95. The molecular formula is C16H16N4O4. The number of benzene rings is 1. The number of esters is 2. The summed E-state index contributed by atoms with van der Waals surface area (Å²) in [7, 11) is 1.85. The minimum Gasteiger partial charge on any atom is -0.419 e. The largest absolute Gasteiger partial charge is 0.419 e. The molecular weight excluding hydrogens is 312 g/mol. The first-order valence-electron chi connectivity index (χ1n) is 7.23. The number of aromatic nitrogens is 3. The Kier molecular flexibility index (Phi) is 3.80. The van der Waals surface area contributed by atoms with E-state index in [4.69, 9.17) is 9.47 Å². The van der Waals surface area contributed by atoms with Gasteiger partial charge in [-0.1, -0.05) is 0 Å². The van der Waals surface area contributed by atoms with Gasteiger partial charge >= 0.3 is 11.9 Å². The third-order valence-corrected chi connectivity index (χ3v) is 3.35. The number of hydrogen-bond acceptors (Lipinski definition) is 7. The standard InChI is InChI=1S/C16H16N4O4/c1-16(2)23-14(21)12(15(22)24-16)8-17-11-6-4-10(5-7-11)13-19-18-9-20(13)3/h4-9,17H,1-3H3. The van der Waals surface area contributed by atoms with E-state index < -0.39 is 17.7 Å². The zero-order chi connectivity index (χ0) is 17.3. The molecule has 1 fully saturated rings. The Hall–Kier alpha value is -3.16. The summed E-state index contributed by atoms with van der Waals surface area (Å²) < 4.78 is 11.8. The molecule has 8 heteroatoms. The second-order valence-electron chi connectivity index (χ2n) is 5.72. The number of ether oxygens (including phenoxy) is 2. The van der Waals surface area contributed by atoms with E-state index in [0.717, 1.165) is 11.4 Å². The van der Waals surface area contributed by atoms with Crippen LogP contribution >= 0.6 is 0 Å². The van der Waals surface area contributed by atoms with Gasteiger partial charge in [-0.3, -0.25) is 0 Å². The van der Waals surface area contributed by atoms with E-state index in [0.29, 0.717) is 5.69 Å². The Labute approximate surface area is 138 Å². The first kappa shape index (κ1) is 15.7. The maximum atomic E-state index is 11.8. The van der Waals surface area contributed by atoms with Gasteiger partial charge in [0.2, 0.25) is 0 Å². The zero-order valence-electron chi connectivity index (χ0n) is 13.4. The second-order valence-corrected chi connectivity index (χ2v) is 5.72. The van der Waals surface area contributed by atoms with Crippen LogP contribution in [0.15, 0.2) is 42.4 Å². The second kappa shape index (κ2) is 5.80. The van der Waals surface area contributed by atoms with Gasteiger partial charge in [-0.15, -0.1) is 10.2 Å². The SMILES string of the molecule is Cn1cnnc1-c1ccc(NC=C2C(=O)OC(C)(C)OC2=O)cc1. The highest BCUT2D eigenvalue weighted by Crippen LogP contribution is 2.23. The molecule has 0 bridgehead atoms. The average Bonchev–Trinajstić information content (AvgIpc) is 2.92. The molecule has 0 aliphatic carbocycles. The third-order valence-electron chi connectivity index (χ3n) is 3.35. The lowest BCUT2D eigenvalue weighted by molar-refractivity contribution is -0.222. The summed E-state index contributed by atoms with van der Waals surface area (Å²) in [6, 6.07) is 7.30. The highest BCUT2D eigenvalue weighted by atomic mass is 16.7. The quantitative estimate of drug-likeness (QED) is 0.519. The van der Waals surface area contributed by atoms with Crippen molar-refractivity contribution in [2.75, 3.05) is 5.32 Å². The van der Waals surface area contributed by atoms with Gasteiger partial charge in [0.1, 0.15) is 6.33 Å². The van der Waals surface area contributed by atoms with Crippen molar-refractivity contribution in [1.29, 1.82) is 0 Å². The minimum atomic E-state index is -1.25. The fraction of sp³-hybridized carbons (Fsp3) is 0.250. The van der Waals surface area contributed by atoms with Crippen LogP contribution in [0.4, 0.5) is 5.69 Å². The van der Waals surface area contributed by atoms with Crippen LogP contribution in [0.1, 0.15) is 13.8 Å². The molecule has 24 heavy (non-hydrogen) atoms. The van der Waals surface area contributed by atoms with Crippen molar-refractivity contribution in [1.82, 2.24) is 14.8 Å². The number of nitrogens with zero attached hydrogens (tertiary/aromatic N) is 3. The van der Waals surface area contributed by atoms with E-state index in [1.54, 1.807) is 23.0 Å². The van der Waals surface area contributed by atoms with E-state index in [-0.39, 0.29) is 5.57 Å². The van der Waals surface area contributed by atoms with Crippen LogP contribution in [0.3, 0.4) is 0 Å². The summed E-state index contributed by atoms with van der Waals surface area (Å²) >= 11 is 0. The molecule has 0 spiro atoms. The number of carbonyl (C=O) groups excluding carboxylic acids is 2. The van der Waals surface area contributed by atoms with Crippen LogP contribution in [0, 0.1) is 0 Å². The normalized spacial score (nSPS) is 16.4. The van der Waals surface area contributed by atoms with Gasteiger partial charge in [0.15, 0.2) is 11.4 Å². The van der Waals surface area contributed by atoms with Crippen molar-refractivity contribution < 1.29 is 19.1 Å². The fourth-order valence-electron chi connectivity index (χ4n) is 2.19. The van der Waals surface area contributed by atoms with E-state index in [2.05, 4.69) is 15.5 Å². The Morgan fingerprint density at radius 1 is 1.12 bits per heavy atom. The van der Waals surface area contributed by atoms with Crippen molar-refractivity contribution in [3.63, 3.8) is 0 Å². The Morgan fingerprint density at radius 3 is 2.29 bits per heavy atom. The lowest BCUT2D eigenvalue weighted by atomic mass is 10.2. The maximum Gasteiger partial charge on any atom is 0.350 e. The fourth-order valence-corrected chi connectivity index (χ4v) is 2.19. The van der Waals surface area contributed by atoms with Crippen molar-refractivity contribution in [2.45, 2.75) is 19.6 Å². The van der Waals surface area contributed by atoms with E-state index in [9.17, 15) is 9.59 Å². The topological polar surface area (TPSA) is 95.3 Å². The number of rotatable bonds is 3. The molecule has 0 radical (unpaired) electrons. The molecule has 1 N–H and O–H groups in total. The molecule has 0 saturated carbocycles. The van der Waals surface area contributed by atoms with Gasteiger partial charge in [-0.25, -0.2) is 9.59 Å². The molecule has 3 rings (SSSR count). The van der Waals surface area contributed by atoms with Gasteiger partial charge in [0.25, 0.3) is 5.79 Å². The van der Waals surface area contributed by atoms with Crippen molar-refractivity contribution in [3.05, 3.63) is 42.4 Å². The highest BCUT2D eigenvalue weighted by molar-refractivity contribution is 6.15. The monoisotopic (exact) mass is 328 g/mol. The molecule has 8 nitrogen and oxygen atoms in total. The number of nitrogens with one attached hydrogen (secondary N) is 1.